The molecule has 6 atom stereocenters. The Hall–Kier alpha value is -1.07. The molecule has 1 amide bonds. The lowest BCUT2D eigenvalue weighted by Gasteiger charge is -2.43. The minimum Gasteiger partial charge on any atom is -0.388 e. The molecule has 144 valence electrons. The normalized spacial score (nSPS) is 31.2. The zero-order chi connectivity index (χ0) is 19.2. The second-order valence-corrected chi connectivity index (χ2v) is 6.70. The Morgan fingerprint density at radius 2 is 1.84 bits per heavy atom. The van der Waals surface area contributed by atoms with Crippen LogP contribution in [0, 0.1) is 0 Å². The number of alkyl halides is 3. The summed E-state index contributed by atoms with van der Waals surface area (Å²) in [4.78, 5) is 11.2. The van der Waals surface area contributed by atoms with E-state index in [0.29, 0.717) is 12.2 Å². The number of hydrogen-bond donors (Lipinski definition) is 4. The van der Waals surface area contributed by atoms with Crippen molar-refractivity contribution in [3.05, 3.63) is 25.3 Å². The molecule has 5 unspecified atom stereocenters. The molecule has 0 aromatic heterocycles. The third-order valence-corrected chi connectivity index (χ3v) is 4.79. The summed E-state index contributed by atoms with van der Waals surface area (Å²) in [5.41, 5.74) is -0.974. The fourth-order valence-electron chi connectivity index (χ4n) is 2.32. The fourth-order valence-corrected chi connectivity index (χ4v) is 3.42. The van der Waals surface area contributed by atoms with Gasteiger partial charge in [0.15, 0.2) is 0 Å². The van der Waals surface area contributed by atoms with Gasteiger partial charge < -0.3 is 25.4 Å². The van der Waals surface area contributed by atoms with E-state index < -0.39 is 48.0 Å². The minimum atomic E-state index is -5.10. The number of thioether (sulfide) groups is 1. The summed E-state index contributed by atoms with van der Waals surface area (Å²) in [7, 11) is 0. The number of nitrogens with one attached hydrogen (secondary N) is 1. The van der Waals surface area contributed by atoms with Crippen LogP contribution in [0.2, 0.25) is 0 Å². The lowest BCUT2D eigenvalue weighted by atomic mass is 9.93. The SMILES string of the molecule is C=CCCSC1OC([C@@H](CC=C)NC(=O)C(F)(F)F)C(O)C(O)C1O. The van der Waals surface area contributed by atoms with Crippen LogP contribution in [0.25, 0.3) is 0 Å². The molecule has 0 bridgehead atoms. The van der Waals surface area contributed by atoms with Crippen LogP contribution in [0.3, 0.4) is 0 Å². The number of aliphatic hydroxyl groups excluding tert-OH is 3. The van der Waals surface area contributed by atoms with E-state index in [4.69, 9.17) is 4.74 Å². The Morgan fingerprint density at radius 3 is 2.36 bits per heavy atom. The maximum atomic E-state index is 12.5. The smallest absolute Gasteiger partial charge is 0.388 e. The second-order valence-electron chi connectivity index (χ2n) is 5.49. The third kappa shape index (κ3) is 6.00. The molecule has 0 aromatic carbocycles. The van der Waals surface area contributed by atoms with Gasteiger partial charge in [-0.15, -0.1) is 24.9 Å². The van der Waals surface area contributed by atoms with Gasteiger partial charge in [0.2, 0.25) is 0 Å². The molecule has 1 aliphatic rings. The van der Waals surface area contributed by atoms with Crippen LogP contribution in [0.5, 0.6) is 0 Å². The molecule has 0 saturated carbocycles. The molecule has 10 heteroatoms. The molecule has 1 rings (SSSR count). The zero-order valence-corrected chi connectivity index (χ0v) is 14.2. The Balaban J connectivity index is 2.92. The summed E-state index contributed by atoms with van der Waals surface area (Å²) >= 11 is 1.12. The molecule has 1 aliphatic heterocycles. The van der Waals surface area contributed by atoms with E-state index in [9.17, 15) is 33.3 Å². The number of ether oxygens (including phenoxy) is 1. The third-order valence-electron chi connectivity index (χ3n) is 3.60. The van der Waals surface area contributed by atoms with Crippen LogP contribution in [-0.2, 0) is 9.53 Å². The van der Waals surface area contributed by atoms with Gasteiger partial charge in [-0.3, -0.25) is 4.79 Å². The van der Waals surface area contributed by atoms with Gasteiger partial charge in [-0.1, -0.05) is 12.2 Å². The standard InChI is InChI=1S/C15H22F3NO5S/c1-3-5-7-25-13-11(22)9(20)10(21)12(24-13)8(6-4-2)19-14(23)15(16,17)18/h3-4,8-13,20-22H,1-2,5-7H2,(H,19,23)/t8-,9?,10?,11?,12?,13?/m1/s1. The second kappa shape index (κ2) is 9.58. The highest BCUT2D eigenvalue weighted by molar-refractivity contribution is 7.99. The minimum absolute atomic E-state index is 0.129. The molecule has 1 saturated heterocycles. The van der Waals surface area contributed by atoms with Crippen molar-refractivity contribution >= 4 is 17.7 Å². The highest BCUT2D eigenvalue weighted by Gasteiger charge is 2.48. The van der Waals surface area contributed by atoms with Crippen molar-refractivity contribution in [2.45, 2.75) is 54.9 Å². The van der Waals surface area contributed by atoms with Crippen LogP contribution < -0.4 is 5.32 Å². The largest absolute Gasteiger partial charge is 0.471 e. The van der Waals surface area contributed by atoms with Crippen molar-refractivity contribution in [1.82, 2.24) is 5.32 Å². The van der Waals surface area contributed by atoms with Crippen molar-refractivity contribution in [3.63, 3.8) is 0 Å². The van der Waals surface area contributed by atoms with Crippen LogP contribution >= 0.6 is 11.8 Å². The molecule has 1 heterocycles. The van der Waals surface area contributed by atoms with Crippen molar-refractivity contribution in [2.75, 3.05) is 5.75 Å². The summed E-state index contributed by atoms with van der Waals surface area (Å²) in [5.74, 6) is -1.70. The first-order chi connectivity index (χ1) is 11.6. The van der Waals surface area contributed by atoms with E-state index in [0.717, 1.165) is 11.8 Å². The molecule has 0 aliphatic carbocycles. The molecule has 0 radical (unpaired) electrons. The summed E-state index contributed by atoms with van der Waals surface area (Å²) < 4.78 is 43.0. The Labute approximate surface area is 147 Å². The van der Waals surface area contributed by atoms with Crippen molar-refractivity contribution in [2.24, 2.45) is 0 Å². The maximum Gasteiger partial charge on any atom is 0.471 e. The Bertz CT molecular complexity index is 477. The quantitative estimate of drug-likeness (QED) is 0.363. The average molecular weight is 385 g/mol. The number of carbonyl (C=O) groups is 1. The van der Waals surface area contributed by atoms with Gasteiger partial charge >= 0.3 is 12.1 Å². The molecular formula is C15H22F3NO5S. The number of amides is 1. The van der Waals surface area contributed by atoms with Crippen LogP contribution in [0.4, 0.5) is 13.2 Å². The lowest BCUT2D eigenvalue weighted by Crippen LogP contribution is -2.63. The van der Waals surface area contributed by atoms with Crippen molar-refractivity contribution < 1.29 is 38.0 Å². The molecule has 25 heavy (non-hydrogen) atoms. The topological polar surface area (TPSA) is 99.0 Å². The van der Waals surface area contributed by atoms with Gasteiger partial charge in [0.05, 0.1) is 6.04 Å². The van der Waals surface area contributed by atoms with E-state index in [-0.39, 0.29) is 6.42 Å². The molecule has 0 aromatic rings. The first kappa shape index (κ1) is 22.0. The maximum absolute atomic E-state index is 12.5. The number of allylic oxidation sites excluding steroid dienone is 1. The highest BCUT2D eigenvalue weighted by atomic mass is 32.2. The predicted octanol–water partition coefficient (Wildman–Crippen LogP) is 0.726. The monoisotopic (exact) mass is 385 g/mol. The van der Waals surface area contributed by atoms with E-state index in [1.807, 2.05) is 0 Å². The number of aliphatic hydroxyl groups is 3. The van der Waals surface area contributed by atoms with Gasteiger partial charge in [-0.05, 0) is 18.6 Å². The van der Waals surface area contributed by atoms with Crippen LogP contribution in [0.15, 0.2) is 25.3 Å². The van der Waals surface area contributed by atoms with Gasteiger partial charge in [0.25, 0.3) is 0 Å². The van der Waals surface area contributed by atoms with Gasteiger partial charge in [-0.25, -0.2) is 0 Å². The molecule has 1 fully saturated rings. The lowest BCUT2D eigenvalue weighted by molar-refractivity contribution is -0.208. The van der Waals surface area contributed by atoms with Gasteiger partial charge in [0, 0.05) is 0 Å². The average Bonchev–Trinajstić information content (AvgIpc) is 2.53. The molecule has 6 nitrogen and oxygen atoms in total. The molecule has 4 N–H and O–H groups in total. The van der Waals surface area contributed by atoms with Crippen molar-refractivity contribution in [3.8, 4) is 0 Å². The van der Waals surface area contributed by atoms with Crippen LogP contribution in [-0.4, -0.2) is 69.0 Å². The number of halogens is 3. The Kier molecular flexibility index (Phi) is 8.42. The number of hydrogen-bond acceptors (Lipinski definition) is 6. The van der Waals surface area contributed by atoms with Crippen LogP contribution in [0.1, 0.15) is 12.8 Å². The summed E-state index contributed by atoms with van der Waals surface area (Å²) in [6.07, 6.45) is -7.83. The number of rotatable bonds is 8. The number of carbonyl (C=O) groups excluding carboxylic acids is 1. The Morgan fingerprint density at radius 1 is 1.20 bits per heavy atom. The van der Waals surface area contributed by atoms with E-state index in [1.54, 1.807) is 11.4 Å². The van der Waals surface area contributed by atoms with Gasteiger partial charge in [0.1, 0.15) is 29.9 Å². The van der Waals surface area contributed by atoms with E-state index >= 15 is 0 Å². The molecule has 0 spiro atoms. The van der Waals surface area contributed by atoms with Gasteiger partial charge in [-0.2, -0.15) is 13.2 Å². The summed E-state index contributed by atoms with van der Waals surface area (Å²) in [6, 6.07) is -1.27. The first-order valence-corrected chi connectivity index (χ1v) is 8.59. The van der Waals surface area contributed by atoms with Crippen molar-refractivity contribution in [1.29, 1.82) is 0 Å². The molecular weight excluding hydrogens is 363 g/mol. The fraction of sp³-hybridized carbons (Fsp3) is 0.667. The van der Waals surface area contributed by atoms with E-state index in [1.165, 1.54) is 6.08 Å². The zero-order valence-electron chi connectivity index (χ0n) is 13.4. The predicted molar refractivity (Wildman–Crippen MR) is 86.8 cm³/mol. The first-order valence-electron chi connectivity index (χ1n) is 7.54. The summed E-state index contributed by atoms with van der Waals surface area (Å²) in [6.45, 7) is 6.95. The highest BCUT2D eigenvalue weighted by Crippen LogP contribution is 2.31. The summed E-state index contributed by atoms with van der Waals surface area (Å²) in [5, 5.41) is 31.8. The van der Waals surface area contributed by atoms with E-state index in [2.05, 4.69) is 13.2 Å².